The van der Waals surface area contributed by atoms with Crippen molar-refractivity contribution in [2.45, 2.75) is 57.0 Å². The lowest BCUT2D eigenvalue weighted by Gasteiger charge is -2.41. The van der Waals surface area contributed by atoms with E-state index in [1.54, 1.807) is 0 Å². The van der Waals surface area contributed by atoms with Crippen LogP contribution in [0, 0.1) is 0 Å². The molecular formula is C13H24N2O2. The van der Waals surface area contributed by atoms with E-state index in [9.17, 15) is 4.79 Å². The van der Waals surface area contributed by atoms with Crippen LogP contribution in [0.2, 0.25) is 0 Å². The Bertz CT molecular complexity index is 254. The fourth-order valence-corrected chi connectivity index (χ4v) is 2.80. The third-order valence-electron chi connectivity index (χ3n) is 4.02. The van der Waals surface area contributed by atoms with Crippen molar-refractivity contribution < 1.29 is 9.90 Å². The smallest absolute Gasteiger partial charge is 0.237 e. The number of amides is 1. The maximum absolute atomic E-state index is 12.0. The third-order valence-corrected chi connectivity index (χ3v) is 4.02. The van der Waals surface area contributed by atoms with Crippen molar-refractivity contribution in [3.63, 3.8) is 0 Å². The normalized spacial score (nSPS) is 26.5. The molecule has 4 heteroatoms. The van der Waals surface area contributed by atoms with Gasteiger partial charge in [-0.2, -0.15) is 0 Å². The summed E-state index contributed by atoms with van der Waals surface area (Å²) in [5.74, 6) is 0.201. The molecule has 2 rings (SSSR count). The molecule has 2 N–H and O–H groups in total. The highest BCUT2D eigenvalue weighted by molar-refractivity contribution is 5.82. The molecular weight excluding hydrogens is 216 g/mol. The monoisotopic (exact) mass is 240 g/mol. The minimum atomic E-state index is 0.0503. The Hall–Kier alpha value is -0.610. The summed E-state index contributed by atoms with van der Waals surface area (Å²) in [6.07, 6.45) is 7.71. The molecule has 0 aromatic carbocycles. The van der Waals surface area contributed by atoms with Crippen LogP contribution in [0.3, 0.4) is 0 Å². The SMILES string of the molecule is O=C1NCCCCC1N(CCCO)C1CCC1. The van der Waals surface area contributed by atoms with Crippen LogP contribution < -0.4 is 5.32 Å². The molecule has 0 aromatic heterocycles. The molecule has 17 heavy (non-hydrogen) atoms. The van der Waals surface area contributed by atoms with Gasteiger partial charge in [-0.3, -0.25) is 9.69 Å². The number of nitrogens with one attached hydrogen (secondary N) is 1. The highest BCUT2D eigenvalue weighted by Gasteiger charge is 2.34. The number of carbonyl (C=O) groups excluding carboxylic acids is 1. The minimum absolute atomic E-state index is 0.0503. The Labute approximate surface area is 103 Å². The molecule has 98 valence electrons. The van der Waals surface area contributed by atoms with E-state index in [1.165, 1.54) is 19.3 Å². The number of carbonyl (C=O) groups is 1. The molecule has 1 atom stereocenters. The predicted molar refractivity (Wildman–Crippen MR) is 66.7 cm³/mol. The molecule has 0 aromatic rings. The van der Waals surface area contributed by atoms with E-state index < -0.39 is 0 Å². The van der Waals surface area contributed by atoms with Crippen molar-refractivity contribution in [1.82, 2.24) is 10.2 Å². The zero-order chi connectivity index (χ0) is 12.1. The fourth-order valence-electron chi connectivity index (χ4n) is 2.80. The number of aliphatic hydroxyl groups excluding tert-OH is 1. The molecule has 1 unspecified atom stereocenters. The summed E-state index contributed by atoms with van der Waals surface area (Å²) in [6, 6.07) is 0.629. The highest BCUT2D eigenvalue weighted by atomic mass is 16.3. The Morgan fingerprint density at radius 1 is 1.24 bits per heavy atom. The first-order valence-electron chi connectivity index (χ1n) is 6.97. The van der Waals surface area contributed by atoms with E-state index in [2.05, 4.69) is 10.2 Å². The summed E-state index contributed by atoms with van der Waals surface area (Å²) >= 11 is 0. The van der Waals surface area contributed by atoms with Crippen LogP contribution in [-0.2, 0) is 4.79 Å². The van der Waals surface area contributed by atoms with E-state index in [1.807, 2.05) is 0 Å². The molecule has 4 nitrogen and oxygen atoms in total. The maximum Gasteiger partial charge on any atom is 0.237 e. The van der Waals surface area contributed by atoms with E-state index in [4.69, 9.17) is 5.11 Å². The van der Waals surface area contributed by atoms with Crippen LogP contribution in [0.1, 0.15) is 44.9 Å². The van der Waals surface area contributed by atoms with Crippen LogP contribution in [0.15, 0.2) is 0 Å². The van der Waals surface area contributed by atoms with Gasteiger partial charge in [-0.05, 0) is 38.5 Å². The van der Waals surface area contributed by atoms with Gasteiger partial charge in [0.15, 0.2) is 0 Å². The Morgan fingerprint density at radius 3 is 2.71 bits per heavy atom. The first kappa shape index (κ1) is 12.8. The first-order valence-corrected chi connectivity index (χ1v) is 6.97. The zero-order valence-corrected chi connectivity index (χ0v) is 10.5. The molecule has 0 radical (unpaired) electrons. The molecule has 2 aliphatic rings. The lowest BCUT2D eigenvalue weighted by atomic mass is 9.89. The second-order valence-electron chi connectivity index (χ2n) is 5.20. The van der Waals surface area contributed by atoms with Crippen molar-refractivity contribution in [2.75, 3.05) is 19.7 Å². The largest absolute Gasteiger partial charge is 0.396 e. The minimum Gasteiger partial charge on any atom is -0.396 e. The van der Waals surface area contributed by atoms with E-state index in [0.717, 1.165) is 38.8 Å². The number of aliphatic hydroxyl groups is 1. The van der Waals surface area contributed by atoms with Crippen molar-refractivity contribution in [3.8, 4) is 0 Å². The zero-order valence-electron chi connectivity index (χ0n) is 10.5. The third kappa shape index (κ3) is 3.19. The van der Waals surface area contributed by atoms with Gasteiger partial charge in [-0.15, -0.1) is 0 Å². The van der Waals surface area contributed by atoms with Gasteiger partial charge in [0, 0.05) is 25.7 Å². The summed E-state index contributed by atoms with van der Waals surface area (Å²) in [6.45, 7) is 1.91. The first-order chi connectivity index (χ1) is 8.33. The van der Waals surface area contributed by atoms with Crippen molar-refractivity contribution in [1.29, 1.82) is 0 Å². The Kier molecular flexibility index (Phi) is 4.80. The van der Waals surface area contributed by atoms with Gasteiger partial charge >= 0.3 is 0 Å². The summed E-state index contributed by atoms with van der Waals surface area (Å²) in [5, 5.41) is 12.0. The Balaban J connectivity index is 1.98. The number of hydrogen-bond acceptors (Lipinski definition) is 3. The van der Waals surface area contributed by atoms with Crippen LogP contribution in [0.5, 0.6) is 0 Å². The molecule has 1 saturated carbocycles. The van der Waals surface area contributed by atoms with E-state index >= 15 is 0 Å². The lowest BCUT2D eigenvalue weighted by Crippen LogP contribution is -2.53. The molecule has 0 spiro atoms. The molecule has 1 amide bonds. The number of nitrogens with zero attached hydrogens (tertiary/aromatic N) is 1. The average Bonchev–Trinajstić information content (AvgIpc) is 2.46. The van der Waals surface area contributed by atoms with Gasteiger partial charge in [0.25, 0.3) is 0 Å². The van der Waals surface area contributed by atoms with Crippen LogP contribution >= 0.6 is 0 Å². The summed E-state index contributed by atoms with van der Waals surface area (Å²) in [5.41, 5.74) is 0. The van der Waals surface area contributed by atoms with Crippen molar-refractivity contribution in [2.24, 2.45) is 0 Å². The highest BCUT2D eigenvalue weighted by Crippen LogP contribution is 2.28. The second kappa shape index (κ2) is 6.36. The van der Waals surface area contributed by atoms with E-state index in [-0.39, 0.29) is 18.6 Å². The summed E-state index contributed by atoms with van der Waals surface area (Å²) in [7, 11) is 0. The predicted octanol–water partition coefficient (Wildman–Crippen LogP) is 0.892. The molecule has 1 heterocycles. The van der Waals surface area contributed by atoms with Crippen molar-refractivity contribution in [3.05, 3.63) is 0 Å². The molecule has 1 aliphatic carbocycles. The molecule has 1 aliphatic heterocycles. The lowest BCUT2D eigenvalue weighted by molar-refractivity contribution is -0.128. The second-order valence-corrected chi connectivity index (χ2v) is 5.20. The van der Waals surface area contributed by atoms with Crippen LogP contribution in [0.4, 0.5) is 0 Å². The number of rotatable bonds is 5. The van der Waals surface area contributed by atoms with Gasteiger partial charge in [-0.25, -0.2) is 0 Å². The number of hydrogen-bond donors (Lipinski definition) is 2. The van der Waals surface area contributed by atoms with Gasteiger partial charge in [0.2, 0.25) is 5.91 Å². The molecule has 2 fully saturated rings. The quantitative estimate of drug-likeness (QED) is 0.750. The maximum atomic E-state index is 12.0. The fraction of sp³-hybridized carbons (Fsp3) is 0.923. The van der Waals surface area contributed by atoms with Gasteiger partial charge < -0.3 is 10.4 Å². The average molecular weight is 240 g/mol. The Morgan fingerprint density at radius 2 is 2.06 bits per heavy atom. The van der Waals surface area contributed by atoms with Gasteiger partial charge in [0.05, 0.1) is 6.04 Å². The van der Waals surface area contributed by atoms with Crippen LogP contribution in [0.25, 0.3) is 0 Å². The van der Waals surface area contributed by atoms with Gasteiger partial charge in [-0.1, -0.05) is 6.42 Å². The van der Waals surface area contributed by atoms with E-state index in [0.29, 0.717) is 6.04 Å². The van der Waals surface area contributed by atoms with Crippen molar-refractivity contribution >= 4 is 5.91 Å². The van der Waals surface area contributed by atoms with Gasteiger partial charge in [0.1, 0.15) is 0 Å². The standard InChI is InChI=1S/C13H24N2O2/c16-10-4-9-15(11-5-3-6-11)12-7-1-2-8-14-13(12)17/h11-12,16H,1-10H2,(H,14,17). The molecule has 1 saturated heterocycles. The van der Waals surface area contributed by atoms with Crippen LogP contribution in [-0.4, -0.2) is 47.7 Å². The molecule has 0 bridgehead atoms. The topological polar surface area (TPSA) is 52.6 Å². The summed E-state index contributed by atoms with van der Waals surface area (Å²) < 4.78 is 0. The summed E-state index contributed by atoms with van der Waals surface area (Å²) in [4.78, 5) is 14.4.